The average Bonchev–Trinajstić information content (AvgIpc) is 3.02. The number of aliphatic hydroxyl groups excluding tert-OH is 1. The molecule has 0 aliphatic rings. The maximum absolute atomic E-state index is 13.6. The predicted molar refractivity (Wildman–Crippen MR) is 105 cm³/mol. The van der Waals surface area contributed by atoms with Gasteiger partial charge < -0.3 is 5.11 Å². The third-order valence-corrected chi connectivity index (χ3v) is 7.43. The van der Waals surface area contributed by atoms with Crippen molar-refractivity contribution in [1.82, 2.24) is 0 Å². The van der Waals surface area contributed by atoms with E-state index in [9.17, 15) is 44.3 Å². The number of hydrogen-bond donors (Lipinski definition) is 1. The molecular weight excluding hydrogens is 487 g/mol. The Balaban J connectivity index is 2.18. The van der Waals surface area contributed by atoms with E-state index in [0.717, 1.165) is 17.4 Å². The Bertz CT molecular complexity index is 1230. The van der Waals surface area contributed by atoms with Gasteiger partial charge in [0, 0.05) is 15.6 Å². The highest BCUT2D eigenvalue weighted by Crippen LogP contribution is 2.41. The lowest BCUT2D eigenvalue weighted by molar-refractivity contribution is -0.140. The van der Waals surface area contributed by atoms with Crippen molar-refractivity contribution >= 4 is 36.4 Å². The van der Waals surface area contributed by atoms with Gasteiger partial charge in [-0.2, -0.15) is 26.3 Å². The van der Waals surface area contributed by atoms with Crippen LogP contribution in [-0.2, 0) is 29.4 Å². The van der Waals surface area contributed by atoms with E-state index in [1.54, 1.807) is 18.2 Å². The molecule has 4 nitrogen and oxygen atoms in total. The second-order valence-corrected chi connectivity index (χ2v) is 9.65. The summed E-state index contributed by atoms with van der Waals surface area (Å²) < 4.78 is 118. The summed E-state index contributed by atoms with van der Waals surface area (Å²) in [6.45, 7) is -1.66. The topological polar surface area (TPSA) is 57.6 Å². The van der Waals surface area contributed by atoms with Gasteiger partial charge in [0.15, 0.2) is 5.75 Å². The van der Waals surface area contributed by atoms with E-state index in [-0.39, 0.29) is 16.1 Å². The minimum Gasteiger partial charge on any atom is -0.392 e. The van der Waals surface area contributed by atoms with Gasteiger partial charge >= 0.3 is 12.4 Å². The van der Waals surface area contributed by atoms with Crippen molar-refractivity contribution in [2.75, 3.05) is 10.1 Å². The Morgan fingerprint density at radius 3 is 2.25 bits per heavy atom. The van der Waals surface area contributed by atoms with Crippen molar-refractivity contribution in [1.29, 1.82) is 0 Å². The van der Waals surface area contributed by atoms with Crippen LogP contribution in [0.15, 0.2) is 42.5 Å². The number of halogens is 7. The minimum absolute atomic E-state index is 0.00880. The SMILES string of the molecule is O=S(=O)(CC(F)(F)F)N(Cc1ccc(F)c(C(F)(F)F)c1)c1sc2ccccc2c1CO. The summed E-state index contributed by atoms with van der Waals surface area (Å²) in [7, 11) is -5.14. The van der Waals surface area contributed by atoms with E-state index in [1.165, 1.54) is 6.07 Å². The van der Waals surface area contributed by atoms with E-state index < -0.39 is 52.7 Å². The molecule has 0 unspecified atom stereocenters. The number of thiophene rings is 1. The van der Waals surface area contributed by atoms with Crippen molar-refractivity contribution in [3.63, 3.8) is 0 Å². The van der Waals surface area contributed by atoms with E-state index >= 15 is 0 Å². The first-order valence-corrected chi connectivity index (χ1v) is 11.2. The van der Waals surface area contributed by atoms with Gasteiger partial charge in [0.2, 0.25) is 10.0 Å². The third kappa shape index (κ3) is 5.15. The van der Waals surface area contributed by atoms with Crippen LogP contribution in [0.25, 0.3) is 10.1 Å². The molecule has 1 aromatic heterocycles. The zero-order valence-electron chi connectivity index (χ0n) is 15.8. The van der Waals surface area contributed by atoms with Gasteiger partial charge in [0.1, 0.15) is 10.8 Å². The number of fused-ring (bicyclic) bond motifs is 1. The van der Waals surface area contributed by atoms with E-state index in [0.29, 0.717) is 26.5 Å². The van der Waals surface area contributed by atoms with Crippen LogP contribution in [0, 0.1) is 5.82 Å². The first kappa shape index (κ1) is 24.3. The van der Waals surface area contributed by atoms with E-state index in [1.807, 2.05) is 0 Å². The van der Waals surface area contributed by atoms with E-state index in [2.05, 4.69) is 0 Å². The number of nitrogens with zero attached hydrogens (tertiary/aromatic N) is 1. The molecule has 0 atom stereocenters. The Kier molecular flexibility index (Phi) is 6.46. The summed E-state index contributed by atoms with van der Waals surface area (Å²) >= 11 is 0.765. The van der Waals surface area contributed by atoms with Crippen LogP contribution in [0.1, 0.15) is 16.7 Å². The molecule has 0 spiro atoms. The number of anilines is 1. The molecule has 32 heavy (non-hydrogen) atoms. The van der Waals surface area contributed by atoms with Gasteiger partial charge in [-0.15, -0.1) is 11.3 Å². The molecule has 0 saturated heterocycles. The number of aliphatic hydroxyl groups is 1. The highest BCUT2D eigenvalue weighted by Gasteiger charge is 2.40. The summed E-state index contributed by atoms with van der Waals surface area (Å²) in [6.07, 6.45) is -10.2. The lowest BCUT2D eigenvalue weighted by atomic mass is 10.1. The van der Waals surface area contributed by atoms with Gasteiger partial charge in [-0.3, -0.25) is 4.31 Å². The molecule has 174 valence electrons. The second kappa shape index (κ2) is 8.52. The van der Waals surface area contributed by atoms with Crippen LogP contribution in [0.4, 0.5) is 35.7 Å². The fourth-order valence-electron chi connectivity index (χ4n) is 3.08. The third-order valence-electron chi connectivity index (χ3n) is 4.41. The summed E-state index contributed by atoms with van der Waals surface area (Å²) in [5.74, 6) is -3.88. The first-order valence-electron chi connectivity index (χ1n) is 8.77. The van der Waals surface area contributed by atoms with Crippen molar-refractivity contribution in [2.45, 2.75) is 25.5 Å². The van der Waals surface area contributed by atoms with Gasteiger partial charge in [-0.05, 0) is 23.8 Å². The average molecular weight is 501 g/mol. The number of benzene rings is 2. The number of sulfonamides is 1. The molecule has 0 fully saturated rings. The van der Waals surface area contributed by atoms with Crippen molar-refractivity contribution < 1.29 is 44.3 Å². The highest BCUT2D eigenvalue weighted by molar-refractivity contribution is 7.93. The maximum Gasteiger partial charge on any atom is 0.419 e. The number of hydrogen-bond acceptors (Lipinski definition) is 4. The molecule has 3 aromatic rings. The molecule has 0 amide bonds. The van der Waals surface area contributed by atoms with Crippen LogP contribution in [-0.4, -0.2) is 25.5 Å². The van der Waals surface area contributed by atoms with Gasteiger partial charge in [-0.1, -0.05) is 24.3 Å². The predicted octanol–water partition coefficient (Wildman–Crippen LogP) is 5.45. The number of rotatable bonds is 6. The van der Waals surface area contributed by atoms with E-state index in [4.69, 9.17) is 0 Å². The molecule has 3 rings (SSSR count). The lowest BCUT2D eigenvalue weighted by Gasteiger charge is -2.25. The number of alkyl halides is 6. The van der Waals surface area contributed by atoms with Gasteiger partial charge in [-0.25, -0.2) is 12.8 Å². The fraction of sp³-hybridized carbons (Fsp3) is 0.263. The monoisotopic (exact) mass is 501 g/mol. The Morgan fingerprint density at radius 2 is 1.66 bits per heavy atom. The molecule has 0 bridgehead atoms. The summed E-state index contributed by atoms with van der Waals surface area (Å²) in [5, 5.41) is 9.89. The molecule has 1 heterocycles. The molecule has 0 saturated carbocycles. The molecule has 0 aliphatic carbocycles. The smallest absolute Gasteiger partial charge is 0.392 e. The quantitative estimate of drug-likeness (QED) is 0.457. The standard InChI is InChI=1S/C19H14F7NO3S2/c20-15-6-5-11(7-14(15)19(24,25)26)8-27(32(29,30)10-18(21,22)23)17-13(9-28)12-3-1-2-4-16(12)31-17/h1-7,28H,8-10H2. The Hall–Kier alpha value is -2.38. The molecule has 13 heteroatoms. The maximum atomic E-state index is 13.6. The van der Waals surface area contributed by atoms with Crippen LogP contribution in [0.2, 0.25) is 0 Å². The molecule has 1 N–H and O–H groups in total. The lowest BCUT2D eigenvalue weighted by Crippen LogP contribution is -2.37. The molecule has 0 aliphatic heterocycles. The normalized spacial score (nSPS) is 13.0. The van der Waals surface area contributed by atoms with Crippen LogP contribution in [0.5, 0.6) is 0 Å². The van der Waals surface area contributed by atoms with Crippen LogP contribution in [0.3, 0.4) is 0 Å². The zero-order valence-corrected chi connectivity index (χ0v) is 17.5. The van der Waals surface area contributed by atoms with Gasteiger partial charge in [0.25, 0.3) is 0 Å². The summed E-state index contributed by atoms with van der Waals surface area (Å²) in [6, 6.07) is 7.90. The largest absolute Gasteiger partial charge is 0.419 e. The summed E-state index contributed by atoms with van der Waals surface area (Å²) in [5.41, 5.74) is -2.05. The molecular formula is C19H14F7NO3S2. The fourth-order valence-corrected chi connectivity index (χ4v) is 5.93. The Morgan fingerprint density at radius 1 is 1.00 bits per heavy atom. The molecule has 0 radical (unpaired) electrons. The first-order chi connectivity index (χ1) is 14.7. The summed E-state index contributed by atoms with van der Waals surface area (Å²) in [4.78, 5) is 0. The minimum atomic E-state index is -5.14. The highest BCUT2D eigenvalue weighted by atomic mass is 32.2. The second-order valence-electron chi connectivity index (χ2n) is 6.73. The zero-order chi connectivity index (χ0) is 23.9. The van der Waals surface area contributed by atoms with Gasteiger partial charge in [0.05, 0.1) is 18.7 Å². The van der Waals surface area contributed by atoms with Crippen molar-refractivity contribution in [3.8, 4) is 0 Å². The van der Waals surface area contributed by atoms with Crippen molar-refractivity contribution in [3.05, 3.63) is 65.0 Å². The van der Waals surface area contributed by atoms with Crippen LogP contribution < -0.4 is 4.31 Å². The molecule has 2 aromatic carbocycles. The van der Waals surface area contributed by atoms with Crippen molar-refractivity contribution in [2.24, 2.45) is 0 Å². The van der Waals surface area contributed by atoms with Crippen LogP contribution >= 0.6 is 11.3 Å². The Labute approximate surface area is 181 Å².